The molecule has 0 aliphatic carbocycles. The predicted octanol–water partition coefficient (Wildman–Crippen LogP) is 2.14. The number of carbonyl (C=O) groups excluding carboxylic acids is 1. The fraction of sp³-hybridized carbons (Fsp3) is 0.833. The maximum atomic E-state index is 11.5. The summed E-state index contributed by atoms with van der Waals surface area (Å²) in [5, 5.41) is 11.6. The van der Waals surface area contributed by atoms with Gasteiger partial charge in [-0.3, -0.25) is 4.79 Å². The Morgan fingerprint density at radius 3 is 2.47 bits per heavy atom. The molecule has 17 heavy (non-hydrogen) atoms. The number of amides is 1. The highest BCUT2D eigenvalue weighted by molar-refractivity contribution is 7.99. The summed E-state index contributed by atoms with van der Waals surface area (Å²) in [6, 6.07) is -0.765. The van der Waals surface area contributed by atoms with Crippen molar-refractivity contribution in [3.05, 3.63) is 0 Å². The number of nitrogens with one attached hydrogen (secondary N) is 1. The van der Waals surface area contributed by atoms with Gasteiger partial charge in [0.2, 0.25) is 5.91 Å². The molecule has 0 aliphatic rings. The van der Waals surface area contributed by atoms with Crippen LogP contribution in [0.3, 0.4) is 0 Å². The third-order valence-electron chi connectivity index (χ3n) is 2.67. The van der Waals surface area contributed by atoms with Crippen molar-refractivity contribution in [3.8, 4) is 0 Å². The largest absolute Gasteiger partial charge is 0.480 e. The molecule has 0 aromatic carbocycles. The SMILES string of the molecule is CCCCSCC(=O)N[C@H](C(=O)O)[C@@H](C)CC. The highest BCUT2D eigenvalue weighted by atomic mass is 32.2. The molecule has 0 fully saturated rings. The Balaban J connectivity index is 4.00. The van der Waals surface area contributed by atoms with Crippen LogP contribution in [0.5, 0.6) is 0 Å². The second-order valence-corrected chi connectivity index (χ2v) is 5.28. The number of thioether (sulfide) groups is 1. The summed E-state index contributed by atoms with van der Waals surface area (Å²) in [6.07, 6.45) is 2.94. The topological polar surface area (TPSA) is 66.4 Å². The van der Waals surface area contributed by atoms with Crippen LogP contribution in [0.15, 0.2) is 0 Å². The van der Waals surface area contributed by atoms with Crippen molar-refractivity contribution in [2.45, 2.75) is 46.1 Å². The van der Waals surface area contributed by atoms with Gasteiger partial charge in [-0.15, -0.1) is 0 Å². The molecule has 0 aromatic heterocycles. The lowest BCUT2D eigenvalue weighted by molar-refractivity contribution is -0.143. The summed E-state index contributed by atoms with van der Waals surface area (Å²) < 4.78 is 0. The number of hydrogen-bond acceptors (Lipinski definition) is 3. The maximum Gasteiger partial charge on any atom is 0.326 e. The number of carbonyl (C=O) groups is 2. The number of aliphatic carboxylic acids is 1. The smallest absolute Gasteiger partial charge is 0.326 e. The molecule has 0 rings (SSSR count). The molecular weight excluding hydrogens is 238 g/mol. The van der Waals surface area contributed by atoms with E-state index in [1.165, 1.54) is 0 Å². The third kappa shape index (κ3) is 7.26. The summed E-state index contributed by atoms with van der Waals surface area (Å²) >= 11 is 1.55. The zero-order valence-corrected chi connectivity index (χ0v) is 11.7. The molecule has 2 atom stereocenters. The predicted molar refractivity (Wildman–Crippen MR) is 71.3 cm³/mol. The van der Waals surface area contributed by atoms with Gasteiger partial charge in [-0.1, -0.05) is 33.6 Å². The van der Waals surface area contributed by atoms with Crippen molar-refractivity contribution in [3.63, 3.8) is 0 Å². The molecule has 0 unspecified atom stereocenters. The fourth-order valence-corrected chi connectivity index (χ4v) is 2.22. The molecule has 0 aromatic rings. The zero-order valence-electron chi connectivity index (χ0n) is 10.9. The maximum absolute atomic E-state index is 11.5. The first kappa shape index (κ1) is 16.3. The van der Waals surface area contributed by atoms with E-state index >= 15 is 0 Å². The van der Waals surface area contributed by atoms with Gasteiger partial charge in [0.05, 0.1) is 5.75 Å². The van der Waals surface area contributed by atoms with Crippen LogP contribution in [0.4, 0.5) is 0 Å². The monoisotopic (exact) mass is 261 g/mol. The standard InChI is InChI=1S/C12H23NO3S/c1-4-6-7-17-8-10(14)13-11(12(15)16)9(3)5-2/h9,11H,4-8H2,1-3H3,(H,13,14)(H,15,16)/t9-,11-/m0/s1. The number of carboxylic acid groups (broad SMARTS) is 1. The van der Waals surface area contributed by atoms with E-state index in [2.05, 4.69) is 12.2 Å². The molecule has 2 N–H and O–H groups in total. The van der Waals surface area contributed by atoms with Crippen LogP contribution in [-0.4, -0.2) is 34.5 Å². The molecule has 0 spiro atoms. The summed E-state index contributed by atoms with van der Waals surface area (Å²) in [5.41, 5.74) is 0. The molecule has 0 radical (unpaired) electrons. The summed E-state index contributed by atoms with van der Waals surface area (Å²) in [5.74, 6) is 0.118. The van der Waals surface area contributed by atoms with E-state index in [0.29, 0.717) is 5.75 Å². The van der Waals surface area contributed by atoms with Crippen molar-refractivity contribution in [1.29, 1.82) is 0 Å². The lowest BCUT2D eigenvalue weighted by atomic mass is 9.99. The highest BCUT2D eigenvalue weighted by Crippen LogP contribution is 2.09. The number of carboxylic acids is 1. The summed E-state index contributed by atoms with van der Waals surface area (Å²) in [6.45, 7) is 5.86. The molecule has 4 nitrogen and oxygen atoms in total. The lowest BCUT2D eigenvalue weighted by Gasteiger charge is -2.19. The molecular formula is C12H23NO3S. The first-order valence-corrected chi connectivity index (χ1v) is 7.28. The van der Waals surface area contributed by atoms with E-state index in [0.717, 1.165) is 25.0 Å². The number of hydrogen-bond donors (Lipinski definition) is 2. The Hall–Kier alpha value is -0.710. The van der Waals surface area contributed by atoms with Crippen molar-refractivity contribution in [2.24, 2.45) is 5.92 Å². The molecule has 100 valence electrons. The van der Waals surface area contributed by atoms with Crippen LogP contribution in [0, 0.1) is 5.92 Å². The van der Waals surface area contributed by atoms with Crippen LogP contribution in [0.1, 0.15) is 40.0 Å². The molecule has 0 heterocycles. The van der Waals surface area contributed by atoms with Gasteiger partial charge in [0.25, 0.3) is 0 Å². The molecule has 1 amide bonds. The van der Waals surface area contributed by atoms with Crippen LogP contribution in [0.25, 0.3) is 0 Å². The van der Waals surface area contributed by atoms with Gasteiger partial charge in [-0.25, -0.2) is 4.79 Å². The van der Waals surface area contributed by atoms with Gasteiger partial charge in [-0.2, -0.15) is 11.8 Å². The molecule has 0 saturated heterocycles. The van der Waals surface area contributed by atoms with E-state index in [-0.39, 0.29) is 11.8 Å². The van der Waals surface area contributed by atoms with E-state index in [4.69, 9.17) is 5.11 Å². The van der Waals surface area contributed by atoms with E-state index < -0.39 is 12.0 Å². The van der Waals surface area contributed by atoms with Gasteiger partial charge in [0, 0.05) is 0 Å². The quantitative estimate of drug-likeness (QED) is 0.624. The summed E-state index contributed by atoms with van der Waals surface area (Å²) in [4.78, 5) is 22.5. The summed E-state index contributed by atoms with van der Waals surface area (Å²) in [7, 11) is 0. The number of unbranched alkanes of at least 4 members (excludes halogenated alkanes) is 1. The molecule has 5 heteroatoms. The average molecular weight is 261 g/mol. The van der Waals surface area contributed by atoms with Crippen molar-refractivity contribution in [1.82, 2.24) is 5.32 Å². The Labute approximate surface area is 108 Å². The number of rotatable bonds is 9. The minimum absolute atomic E-state index is 0.0444. The average Bonchev–Trinajstić information content (AvgIpc) is 2.30. The van der Waals surface area contributed by atoms with Gasteiger partial charge in [-0.05, 0) is 18.1 Å². The van der Waals surface area contributed by atoms with Crippen molar-refractivity contribution < 1.29 is 14.7 Å². The first-order chi connectivity index (χ1) is 8.02. The van der Waals surface area contributed by atoms with E-state index in [9.17, 15) is 9.59 Å². The Kier molecular flexibility index (Phi) is 8.94. The van der Waals surface area contributed by atoms with Gasteiger partial charge >= 0.3 is 5.97 Å². The van der Waals surface area contributed by atoms with Gasteiger partial charge in [0.15, 0.2) is 0 Å². The highest BCUT2D eigenvalue weighted by Gasteiger charge is 2.24. The Morgan fingerprint density at radius 2 is 2.00 bits per heavy atom. The minimum atomic E-state index is -0.953. The lowest BCUT2D eigenvalue weighted by Crippen LogP contribution is -2.45. The Bertz CT molecular complexity index is 246. The second-order valence-electron chi connectivity index (χ2n) is 4.18. The normalized spacial score (nSPS) is 14.1. The zero-order chi connectivity index (χ0) is 13.3. The second kappa shape index (κ2) is 9.33. The van der Waals surface area contributed by atoms with E-state index in [1.807, 2.05) is 13.8 Å². The minimum Gasteiger partial charge on any atom is -0.480 e. The van der Waals surface area contributed by atoms with Crippen LogP contribution in [-0.2, 0) is 9.59 Å². The van der Waals surface area contributed by atoms with Crippen LogP contribution >= 0.6 is 11.8 Å². The molecule has 0 saturated carbocycles. The van der Waals surface area contributed by atoms with Crippen LogP contribution < -0.4 is 5.32 Å². The van der Waals surface area contributed by atoms with Crippen molar-refractivity contribution >= 4 is 23.6 Å². The van der Waals surface area contributed by atoms with Gasteiger partial charge < -0.3 is 10.4 Å². The molecule has 0 aliphatic heterocycles. The molecule has 0 bridgehead atoms. The van der Waals surface area contributed by atoms with Crippen LogP contribution in [0.2, 0.25) is 0 Å². The van der Waals surface area contributed by atoms with E-state index in [1.54, 1.807) is 11.8 Å². The third-order valence-corrected chi connectivity index (χ3v) is 3.71. The fourth-order valence-electron chi connectivity index (χ4n) is 1.31. The Morgan fingerprint density at radius 1 is 1.35 bits per heavy atom. The first-order valence-electron chi connectivity index (χ1n) is 6.12. The van der Waals surface area contributed by atoms with Crippen molar-refractivity contribution in [2.75, 3.05) is 11.5 Å². The van der Waals surface area contributed by atoms with Gasteiger partial charge in [0.1, 0.15) is 6.04 Å².